The minimum absolute atomic E-state index is 0.545. The lowest BCUT2D eigenvalue weighted by atomic mass is 10.1. The van der Waals surface area contributed by atoms with Gasteiger partial charge in [0, 0.05) is 11.3 Å². The molecule has 0 amide bonds. The number of aromatic nitrogens is 3. The molecule has 0 saturated heterocycles. The molecule has 2 aromatic carbocycles. The number of aromatic amines is 1. The van der Waals surface area contributed by atoms with Crippen molar-refractivity contribution >= 4 is 23.4 Å². The average Bonchev–Trinajstić information content (AvgIpc) is 3.09. The molecule has 24 heavy (non-hydrogen) atoms. The number of aryl methyl sites for hydroxylation is 1. The maximum atomic E-state index is 6.05. The SMILES string of the molecule is CCc1ccc(-c2nc(SCCOc3ccccc3Cl)n[nH]2)cc1. The quantitative estimate of drug-likeness (QED) is 0.483. The molecule has 0 spiro atoms. The van der Waals surface area contributed by atoms with Crippen molar-refractivity contribution in [3.8, 4) is 17.1 Å². The van der Waals surface area contributed by atoms with Crippen molar-refractivity contribution in [1.29, 1.82) is 0 Å². The van der Waals surface area contributed by atoms with Crippen LogP contribution >= 0.6 is 23.4 Å². The van der Waals surface area contributed by atoms with E-state index in [1.165, 1.54) is 5.56 Å². The van der Waals surface area contributed by atoms with Crippen LogP contribution < -0.4 is 4.74 Å². The number of nitrogens with one attached hydrogen (secondary N) is 1. The van der Waals surface area contributed by atoms with Crippen LogP contribution in [-0.2, 0) is 6.42 Å². The zero-order valence-electron chi connectivity index (χ0n) is 13.3. The van der Waals surface area contributed by atoms with Crippen LogP contribution in [0.3, 0.4) is 0 Å². The van der Waals surface area contributed by atoms with Gasteiger partial charge in [-0.1, -0.05) is 66.7 Å². The van der Waals surface area contributed by atoms with Crippen LogP contribution in [0.25, 0.3) is 11.4 Å². The van der Waals surface area contributed by atoms with Crippen LogP contribution in [0.1, 0.15) is 12.5 Å². The minimum atomic E-state index is 0.545. The highest BCUT2D eigenvalue weighted by Gasteiger charge is 2.07. The molecule has 0 fully saturated rings. The predicted molar refractivity (Wildman–Crippen MR) is 98.9 cm³/mol. The Morgan fingerprint density at radius 3 is 2.67 bits per heavy atom. The molecule has 3 rings (SSSR count). The van der Waals surface area contributed by atoms with Gasteiger partial charge < -0.3 is 4.74 Å². The Balaban J connectivity index is 1.51. The zero-order chi connectivity index (χ0) is 16.8. The molecule has 0 radical (unpaired) electrons. The fourth-order valence-electron chi connectivity index (χ4n) is 2.18. The van der Waals surface area contributed by atoms with Crippen LogP contribution in [0, 0.1) is 0 Å². The van der Waals surface area contributed by atoms with Crippen LogP contribution in [0.15, 0.2) is 53.7 Å². The molecule has 4 nitrogen and oxygen atoms in total. The number of thioether (sulfide) groups is 1. The first-order chi connectivity index (χ1) is 11.8. The van der Waals surface area contributed by atoms with Crippen molar-refractivity contribution in [2.75, 3.05) is 12.4 Å². The summed E-state index contributed by atoms with van der Waals surface area (Å²) in [6.07, 6.45) is 1.03. The Morgan fingerprint density at radius 1 is 1.12 bits per heavy atom. The number of para-hydroxylation sites is 1. The summed E-state index contributed by atoms with van der Waals surface area (Å²) in [5.41, 5.74) is 2.35. The molecule has 0 atom stereocenters. The van der Waals surface area contributed by atoms with Crippen molar-refractivity contribution in [2.24, 2.45) is 0 Å². The van der Waals surface area contributed by atoms with E-state index in [-0.39, 0.29) is 0 Å². The van der Waals surface area contributed by atoms with E-state index in [4.69, 9.17) is 16.3 Å². The molecule has 0 saturated carbocycles. The summed E-state index contributed by atoms with van der Waals surface area (Å²) in [5, 5.41) is 8.56. The molecule has 0 bridgehead atoms. The monoisotopic (exact) mass is 359 g/mol. The smallest absolute Gasteiger partial charge is 0.208 e. The highest BCUT2D eigenvalue weighted by Crippen LogP contribution is 2.24. The second-order valence-corrected chi connectivity index (χ2v) is 6.61. The summed E-state index contributed by atoms with van der Waals surface area (Å²) in [5.74, 6) is 2.23. The third-order valence-electron chi connectivity index (χ3n) is 3.51. The topological polar surface area (TPSA) is 50.8 Å². The Morgan fingerprint density at radius 2 is 1.92 bits per heavy atom. The minimum Gasteiger partial charge on any atom is -0.491 e. The lowest BCUT2D eigenvalue weighted by Crippen LogP contribution is -2.00. The summed E-state index contributed by atoms with van der Waals surface area (Å²) in [7, 11) is 0. The van der Waals surface area contributed by atoms with E-state index in [2.05, 4.69) is 46.4 Å². The van der Waals surface area contributed by atoms with Gasteiger partial charge in [0.1, 0.15) is 5.75 Å². The molecular formula is C18H18ClN3OS. The first kappa shape index (κ1) is 16.9. The largest absolute Gasteiger partial charge is 0.491 e. The number of halogens is 1. The standard InChI is InChI=1S/C18H18ClN3OS/c1-2-13-7-9-14(10-8-13)17-20-18(22-21-17)24-12-11-23-16-6-4-3-5-15(16)19/h3-10H,2,11-12H2,1H3,(H,20,21,22). The third kappa shape index (κ3) is 4.30. The van der Waals surface area contributed by atoms with E-state index in [1.54, 1.807) is 11.8 Å². The molecule has 0 aliphatic heterocycles. The van der Waals surface area contributed by atoms with Gasteiger partial charge in [0.05, 0.1) is 11.6 Å². The van der Waals surface area contributed by atoms with E-state index >= 15 is 0 Å². The molecule has 124 valence electrons. The summed E-state index contributed by atoms with van der Waals surface area (Å²) >= 11 is 7.60. The van der Waals surface area contributed by atoms with Gasteiger partial charge in [-0.25, -0.2) is 4.98 Å². The number of nitrogens with zero attached hydrogens (tertiary/aromatic N) is 2. The molecule has 1 heterocycles. The first-order valence-corrected chi connectivity index (χ1v) is 9.14. The van der Waals surface area contributed by atoms with Gasteiger partial charge in [-0.3, -0.25) is 5.10 Å². The maximum Gasteiger partial charge on any atom is 0.208 e. The third-order valence-corrected chi connectivity index (χ3v) is 4.63. The Labute approximate surface area is 150 Å². The van der Waals surface area contributed by atoms with Crippen molar-refractivity contribution in [3.63, 3.8) is 0 Å². The van der Waals surface area contributed by atoms with E-state index in [9.17, 15) is 0 Å². The van der Waals surface area contributed by atoms with Gasteiger partial charge in [-0.05, 0) is 24.1 Å². The summed E-state index contributed by atoms with van der Waals surface area (Å²) in [6.45, 7) is 2.69. The van der Waals surface area contributed by atoms with Crippen LogP contribution in [-0.4, -0.2) is 27.5 Å². The van der Waals surface area contributed by atoms with Gasteiger partial charge in [-0.2, -0.15) is 0 Å². The number of hydrogen-bond acceptors (Lipinski definition) is 4. The van der Waals surface area contributed by atoms with Gasteiger partial charge >= 0.3 is 0 Å². The Hall–Kier alpha value is -1.98. The summed E-state index contributed by atoms with van der Waals surface area (Å²) in [4.78, 5) is 4.51. The normalized spacial score (nSPS) is 10.8. The van der Waals surface area contributed by atoms with Crippen LogP contribution in [0.4, 0.5) is 0 Å². The van der Waals surface area contributed by atoms with Gasteiger partial charge in [0.25, 0.3) is 0 Å². The van der Waals surface area contributed by atoms with Crippen LogP contribution in [0.2, 0.25) is 5.02 Å². The van der Waals surface area contributed by atoms with Crippen molar-refractivity contribution in [3.05, 3.63) is 59.1 Å². The Kier molecular flexibility index (Phi) is 5.77. The number of ether oxygens (including phenoxy) is 1. The second kappa shape index (κ2) is 8.22. The Bertz CT molecular complexity index is 789. The first-order valence-electron chi connectivity index (χ1n) is 7.78. The highest BCUT2D eigenvalue weighted by atomic mass is 35.5. The van der Waals surface area contributed by atoms with Gasteiger partial charge in [-0.15, -0.1) is 5.10 Å². The molecule has 0 unspecified atom stereocenters. The number of H-pyrrole nitrogens is 1. The number of benzene rings is 2. The zero-order valence-corrected chi connectivity index (χ0v) is 14.9. The summed E-state index contributed by atoms with van der Waals surface area (Å²) in [6, 6.07) is 15.8. The van der Waals surface area contributed by atoms with E-state index in [0.29, 0.717) is 22.5 Å². The number of rotatable bonds is 7. The van der Waals surface area contributed by atoms with Crippen molar-refractivity contribution in [1.82, 2.24) is 15.2 Å². The molecule has 1 N–H and O–H groups in total. The lowest BCUT2D eigenvalue weighted by molar-refractivity contribution is 0.344. The molecule has 6 heteroatoms. The van der Waals surface area contributed by atoms with Crippen LogP contribution in [0.5, 0.6) is 5.75 Å². The number of hydrogen-bond donors (Lipinski definition) is 1. The average molecular weight is 360 g/mol. The molecule has 1 aromatic heterocycles. The fourth-order valence-corrected chi connectivity index (χ4v) is 2.99. The van der Waals surface area contributed by atoms with E-state index in [0.717, 1.165) is 23.6 Å². The molecular weight excluding hydrogens is 342 g/mol. The molecule has 0 aliphatic rings. The van der Waals surface area contributed by atoms with Crippen molar-refractivity contribution in [2.45, 2.75) is 18.5 Å². The maximum absolute atomic E-state index is 6.05. The van der Waals surface area contributed by atoms with E-state index < -0.39 is 0 Å². The summed E-state index contributed by atoms with van der Waals surface area (Å²) < 4.78 is 5.66. The molecule has 3 aromatic rings. The fraction of sp³-hybridized carbons (Fsp3) is 0.222. The highest BCUT2D eigenvalue weighted by molar-refractivity contribution is 7.99. The predicted octanol–water partition coefficient (Wildman–Crippen LogP) is 4.86. The van der Waals surface area contributed by atoms with Gasteiger partial charge in [0.2, 0.25) is 5.16 Å². The second-order valence-electron chi connectivity index (χ2n) is 5.14. The van der Waals surface area contributed by atoms with Crippen molar-refractivity contribution < 1.29 is 4.74 Å². The lowest BCUT2D eigenvalue weighted by Gasteiger charge is -2.06. The molecule has 0 aliphatic carbocycles. The van der Waals surface area contributed by atoms with Gasteiger partial charge in [0.15, 0.2) is 5.82 Å². The van der Waals surface area contributed by atoms with E-state index in [1.807, 2.05) is 24.3 Å².